The molecule has 0 heterocycles. The van der Waals surface area contributed by atoms with Gasteiger partial charge in [-0.2, -0.15) is 0 Å². The van der Waals surface area contributed by atoms with Gasteiger partial charge >= 0.3 is 11.9 Å². The highest BCUT2D eigenvalue weighted by atomic mass is 35.5. The van der Waals surface area contributed by atoms with Crippen molar-refractivity contribution in [1.29, 1.82) is 0 Å². The molecule has 170 valence electrons. The summed E-state index contributed by atoms with van der Waals surface area (Å²) in [6, 6.07) is 8.23. The summed E-state index contributed by atoms with van der Waals surface area (Å²) in [5, 5.41) is 0. The first-order valence-electron chi connectivity index (χ1n) is 11.2. The molecule has 1 rings (SSSR count). The van der Waals surface area contributed by atoms with E-state index in [2.05, 4.69) is 26.0 Å². The van der Waals surface area contributed by atoms with Gasteiger partial charge in [-0.15, -0.1) is 11.6 Å². The lowest BCUT2D eigenvalue weighted by atomic mass is 9.83. The smallest absolute Gasteiger partial charge is 0.309 e. The molecule has 5 heteroatoms. The number of alkyl halides is 1. The number of carbonyl (C=O) groups is 2. The van der Waals surface area contributed by atoms with Crippen molar-refractivity contribution in [2.45, 2.75) is 91.0 Å². The average Bonchev–Trinajstić information content (AvgIpc) is 2.69. The van der Waals surface area contributed by atoms with Gasteiger partial charge in [-0.25, -0.2) is 0 Å². The van der Waals surface area contributed by atoms with Crippen molar-refractivity contribution in [3.63, 3.8) is 0 Å². The van der Waals surface area contributed by atoms with Crippen molar-refractivity contribution < 1.29 is 19.1 Å². The number of hydrogen-bond donors (Lipinski definition) is 0. The van der Waals surface area contributed by atoms with E-state index < -0.39 is 5.60 Å². The first-order chi connectivity index (χ1) is 14.1. The molecule has 0 amide bonds. The monoisotopic (exact) mass is 438 g/mol. The highest BCUT2D eigenvalue weighted by molar-refractivity contribution is 6.17. The lowest BCUT2D eigenvalue weighted by Gasteiger charge is -2.26. The number of hydrogen-bond acceptors (Lipinski definition) is 4. The molecule has 0 aliphatic heterocycles. The summed E-state index contributed by atoms with van der Waals surface area (Å²) in [6.07, 6.45) is 3.79. The Hall–Kier alpha value is -1.55. The summed E-state index contributed by atoms with van der Waals surface area (Å²) in [6.45, 7) is 12.0. The maximum absolute atomic E-state index is 12.9. The lowest BCUT2D eigenvalue weighted by Crippen LogP contribution is -2.30. The molecule has 30 heavy (non-hydrogen) atoms. The summed E-state index contributed by atoms with van der Waals surface area (Å²) in [5.41, 5.74) is 1.71. The largest absolute Gasteiger partial charge is 0.465 e. The second-order valence-electron chi connectivity index (χ2n) is 9.10. The molecule has 3 atom stereocenters. The quantitative estimate of drug-likeness (QED) is 0.208. The minimum absolute atomic E-state index is 0.212. The van der Waals surface area contributed by atoms with Gasteiger partial charge in [0.05, 0.1) is 18.4 Å². The highest BCUT2D eigenvalue weighted by Crippen LogP contribution is 2.32. The molecular formula is C25H39ClO4. The van der Waals surface area contributed by atoms with Crippen LogP contribution in [0.15, 0.2) is 24.3 Å². The van der Waals surface area contributed by atoms with E-state index in [1.807, 2.05) is 39.8 Å². The fourth-order valence-corrected chi connectivity index (χ4v) is 3.59. The number of esters is 2. The van der Waals surface area contributed by atoms with Crippen LogP contribution < -0.4 is 0 Å². The third-order valence-electron chi connectivity index (χ3n) is 5.19. The second-order valence-corrected chi connectivity index (χ2v) is 9.37. The molecule has 0 aliphatic rings. The normalized spacial score (nSPS) is 14.6. The molecule has 0 saturated heterocycles. The van der Waals surface area contributed by atoms with Gasteiger partial charge in [-0.3, -0.25) is 9.59 Å². The zero-order valence-corrected chi connectivity index (χ0v) is 20.3. The van der Waals surface area contributed by atoms with Crippen molar-refractivity contribution in [3.8, 4) is 0 Å². The fraction of sp³-hybridized carbons (Fsp3) is 0.680. The predicted molar refractivity (Wildman–Crippen MR) is 123 cm³/mol. The van der Waals surface area contributed by atoms with Crippen LogP contribution in [0.3, 0.4) is 0 Å². The van der Waals surface area contributed by atoms with E-state index in [-0.39, 0.29) is 29.7 Å². The Morgan fingerprint density at radius 2 is 1.67 bits per heavy atom. The highest BCUT2D eigenvalue weighted by Gasteiger charge is 2.30. The number of carbonyl (C=O) groups excluding carboxylic acids is 2. The van der Waals surface area contributed by atoms with Gasteiger partial charge in [0, 0.05) is 5.88 Å². The molecule has 0 N–H and O–H groups in total. The van der Waals surface area contributed by atoms with E-state index in [1.54, 1.807) is 0 Å². The summed E-state index contributed by atoms with van der Waals surface area (Å²) >= 11 is 5.91. The Labute approximate surface area is 187 Å². The third kappa shape index (κ3) is 9.51. The van der Waals surface area contributed by atoms with Crippen LogP contribution in [-0.2, 0) is 24.9 Å². The molecule has 0 aromatic heterocycles. The van der Waals surface area contributed by atoms with Gasteiger partial charge < -0.3 is 9.47 Å². The average molecular weight is 439 g/mol. The van der Waals surface area contributed by atoms with Crippen LogP contribution >= 0.6 is 11.6 Å². The second kappa shape index (κ2) is 13.0. The molecule has 0 radical (unpaired) electrons. The van der Waals surface area contributed by atoms with E-state index in [0.717, 1.165) is 24.8 Å². The Morgan fingerprint density at radius 1 is 1.03 bits per heavy atom. The lowest BCUT2D eigenvalue weighted by molar-refractivity contribution is -0.161. The molecule has 0 spiro atoms. The first-order valence-corrected chi connectivity index (χ1v) is 11.7. The maximum atomic E-state index is 12.9. The number of unbranched alkanes of at least 4 members (excludes halogenated alkanes) is 1. The Kier molecular flexibility index (Phi) is 11.5. The van der Waals surface area contributed by atoms with Gasteiger partial charge in [0.15, 0.2) is 0 Å². The molecule has 0 saturated carbocycles. The zero-order valence-electron chi connectivity index (χ0n) is 19.5. The van der Waals surface area contributed by atoms with Crippen LogP contribution in [0.2, 0.25) is 0 Å². The van der Waals surface area contributed by atoms with Crippen LogP contribution in [0, 0.1) is 11.8 Å². The maximum Gasteiger partial charge on any atom is 0.309 e. The van der Waals surface area contributed by atoms with E-state index >= 15 is 0 Å². The van der Waals surface area contributed by atoms with Crippen LogP contribution in [-0.4, -0.2) is 24.1 Å². The predicted octanol–water partition coefficient (Wildman–Crippen LogP) is 6.64. The van der Waals surface area contributed by atoms with E-state index in [4.69, 9.17) is 21.1 Å². The zero-order chi connectivity index (χ0) is 22.7. The summed E-state index contributed by atoms with van der Waals surface area (Å²) < 4.78 is 11.1. The Bertz CT molecular complexity index is 648. The van der Waals surface area contributed by atoms with E-state index in [9.17, 15) is 9.59 Å². The summed E-state index contributed by atoms with van der Waals surface area (Å²) in [7, 11) is 0. The molecule has 0 bridgehead atoms. The van der Waals surface area contributed by atoms with Crippen LogP contribution in [0.4, 0.5) is 0 Å². The Morgan fingerprint density at radius 3 is 2.17 bits per heavy atom. The number of ether oxygens (including phenoxy) is 2. The third-order valence-corrected chi connectivity index (χ3v) is 5.50. The molecule has 1 aromatic carbocycles. The van der Waals surface area contributed by atoms with Crippen LogP contribution in [0.5, 0.6) is 0 Å². The van der Waals surface area contributed by atoms with Gasteiger partial charge in [0.25, 0.3) is 0 Å². The van der Waals surface area contributed by atoms with Crippen molar-refractivity contribution >= 4 is 23.5 Å². The van der Waals surface area contributed by atoms with Gasteiger partial charge in [0.1, 0.15) is 5.60 Å². The molecule has 4 nitrogen and oxygen atoms in total. The molecule has 0 fully saturated rings. The van der Waals surface area contributed by atoms with E-state index in [1.165, 1.54) is 5.56 Å². The van der Waals surface area contributed by atoms with Gasteiger partial charge in [0.2, 0.25) is 0 Å². The van der Waals surface area contributed by atoms with Gasteiger partial charge in [-0.05, 0) is 63.5 Å². The number of benzene rings is 1. The minimum Gasteiger partial charge on any atom is -0.465 e. The molecule has 1 aromatic rings. The van der Waals surface area contributed by atoms with Crippen molar-refractivity contribution in [3.05, 3.63) is 35.4 Å². The molecular weight excluding hydrogens is 400 g/mol. The number of rotatable bonds is 12. The van der Waals surface area contributed by atoms with E-state index in [0.29, 0.717) is 25.3 Å². The van der Waals surface area contributed by atoms with Crippen molar-refractivity contribution in [2.75, 3.05) is 6.61 Å². The summed E-state index contributed by atoms with van der Waals surface area (Å²) in [4.78, 5) is 25.3. The summed E-state index contributed by atoms with van der Waals surface area (Å²) in [5.74, 6) is -0.505. The number of halogens is 1. The van der Waals surface area contributed by atoms with Crippen molar-refractivity contribution in [1.82, 2.24) is 0 Å². The Balaban J connectivity index is 2.94. The van der Waals surface area contributed by atoms with Gasteiger partial charge in [-0.1, -0.05) is 51.5 Å². The minimum atomic E-state index is -0.543. The molecule has 3 unspecified atom stereocenters. The topological polar surface area (TPSA) is 52.6 Å². The van der Waals surface area contributed by atoms with Crippen LogP contribution in [0.25, 0.3) is 0 Å². The van der Waals surface area contributed by atoms with Crippen molar-refractivity contribution in [2.24, 2.45) is 11.8 Å². The SMILES string of the molecule is CCCCOC(=O)C(CC(C)C(=O)OC(C)(C)C)CC(CC)c1ccc(CCl)cc1. The van der Waals surface area contributed by atoms with Crippen LogP contribution in [0.1, 0.15) is 90.7 Å². The first kappa shape index (κ1) is 26.5. The standard InChI is InChI=1S/C25H39ClO4/c1-7-9-14-29-24(28)22(15-18(3)23(27)30-25(4,5)6)16-20(8-2)21-12-10-19(17-26)11-13-21/h10-13,18,20,22H,7-9,14-17H2,1-6H3. The fourth-order valence-electron chi connectivity index (χ4n) is 3.41. The molecule has 0 aliphatic carbocycles.